The van der Waals surface area contributed by atoms with Gasteiger partial charge in [-0.1, -0.05) is 23.8 Å². The van der Waals surface area contributed by atoms with Crippen LogP contribution in [-0.2, 0) is 4.79 Å². The number of halogens is 1. The molecule has 0 unspecified atom stereocenters. The highest BCUT2D eigenvalue weighted by Gasteiger charge is 2.17. The first-order chi connectivity index (χ1) is 12.7. The molecule has 3 rings (SSSR count). The largest absolute Gasteiger partial charge is 0.496 e. The lowest BCUT2D eigenvalue weighted by Crippen LogP contribution is -2.13. The minimum atomic E-state index is -0.833. The Labute approximate surface area is 163 Å². The number of rotatable bonds is 2. The monoisotopic (exact) mass is 387 g/mol. The number of fused-ring (bicyclic) bond motifs is 1. The average Bonchev–Trinajstić information content (AvgIpc) is 2.75. The van der Waals surface area contributed by atoms with Gasteiger partial charge in [-0.05, 0) is 49.8 Å². The predicted octanol–water partition coefficient (Wildman–Crippen LogP) is 5.01. The Balaban J connectivity index is 0.000000596. The Bertz CT molecular complexity index is 976. The average molecular weight is 388 g/mol. The number of aryl methyl sites for hydroxylation is 2. The number of methoxy groups -OCH3 is 1. The zero-order valence-electron chi connectivity index (χ0n) is 15.7. The highest BCUT2D eigenvalue weighted by Crippen LogP contribution is 2.29. The number of hydrogen-bond acceptors (Lipinski definition) is 3. The van der Waals surface area contributed by atoms with E-state index in [9.17, 15) is 4.79 Å². The smallest absolute Gasteiger partial charge is 0.300 e. The summed E-state index contributed by atoms with van der Waals surface area (Å²) in [6, 6.07) is 5.96. The topological polar surface area (TPSA) is 68.5 Å². The summed E-state index contributed by atoms with van der Waals surface area (Å²) in [7, 11) is 1.65. The fraction of sp³-hybridized carbons (Fsp3) is 0.238. The van der Waals surface area contributed by atoms with Crippen LogP contribution in [-0.4, -0.2) is 28.7 Å². The van der Waals surface area contributed by atoms with Gasteiger partial charge in [0.2, 0.25) is 0 Å². The zero-order chi connectivity index (χ0) is 20.1. The number of hydrogen-bond donors (Lipinski definition) is 1. The van der Waals surface area contributed by atoms with Crippen molar-refractivity contribution in [3.05, 3.63) is 64.4 Å². The van der Waals surface area contributed by atoms with E-state index in [-0.39, 0.29) is 5.91 Å². The molecule has 0 radical (unpaired) electrons. The van der Waals surface area contributed by atoms with Gasteiger partial charge in [-0.2, -0.15) is 0 Å². The van der Waals surface area contributed by atoms with Crippen LogP contribution in [0.15, 0.2) is 53.1 Å². The second-order valence-corrected chi connectivity index (χ2v) is 6.65. The number of nitrogens with zero attached hydrogens (tertiary/aromatic N) is 1. The number of carbonyl (C=O) groups excluding carboxylic acids is 1. The molecule has 1 heterocycles. The Morgan fingerprint density at radius 3 is 2.48 bits per heavy atom. The van der Waals surface area contributed by atoms with Crippen molar-refractivity contribution in [2.45, 2.75) is 27.2 Å². The number of benzene rings is 1. The molecule has 0 spiro atoms. The lowest BCUT2D eigenvalue weighted by Gasteiger charge is -2.09. The molecule has 27 heavy (non-hydrogen) atoms. The molecule has 1 aromatic carbocycles. The van der Waals surface area contributed by atoms with Gasteiger partial charge >= 0.3 is 0 Å². The van der Waals surface area contributed by atoms with E-state index in [4.69, 9.17) is 26.2 Å². The molecule has 2 aromatic rings. The van der Waals surface area contributed by atoms with E-state index in [1.807, 2.05) is 44.2 Å². The van der Waals surface area contributed by atoms with Crippen molar-refractivity contribution < 1.29 is 19.4 Å². The molecule has 0 atom stereocenters. The normalized spacial score (nSPS) is 13.2. The quantitative estimate of drug-likeness (QED) is 0.786. The molecule has 142 valence electrons. The van der Waals surface area contributed by atoms with E-state index in [2.05, 4.69) is 0 Å². The van der Waals surface area contributed by atoms with Crippen LogP contribution in [0.2, 0.25) is 0 Å². The summed E-state index contributed by atoms with van der Waals surface area (Å²) >= 11 is 6.03. The van der Waals surface area contributed by atoms with Crippen LogP contribution >= 0.6 is 11.6 Å². The molecule has 0 saturated heterocycles. The third-order valence-corrected chi connectivity index (χ3v) is 4.29. The van der Waals surface area contributed by atoms with Gasteiger partial charge in [-0.25, -0.2) is 0 Å². The molecular weight excluding hydrogens is 366 g/mol. The molecule has 1 aromatic heterocycles. The molecule has 0 fully saturated rings. The fourth-order valence-electron chi connectivity index (χ4n) is 2.84. The van der Waals surface area contributed by atoms with Crippen molar-refractivity contribution in [2.24, 2.45) is 0 Å². The summed E-state index contributed by atoms with van der Waals surface area (Å²) in [4.78, 5) is 22.0. The predicted molar refractivity (Wildman–Crippen MR) is 108 cm³/mol. The van der Waals surface area contributed by atoms with Gasteiger partial charge in [0.05, 0.1) is 12.6 Å². The van der Waals surface area contributed by atoms with Crippen LogP contribution in [0.1, 0.15) is 29.4 Å². The first kappa shape index (κ1) is 20.5. The van der Waals surface area contributed by atoms with Gasteiger partial charge in [-0.3, -0.25) is 14.2 Å². The van der Waals surface area contributed by atoms with E-state index < -0.39 is 5.97 Å². The molecule has 1 aliphatic carbocycles. The lowest BCUT2D eigenvalue weighted by atomic mass is 10.1. The Kier molecular flexibility index (Phi) is 6.64. The summed E-state index contributed by atoms with van der Waals surface area (Å²) in [6.07, 6.45) is 7.94. The van der Waals surface area contributed by atoms with Crippen LogP contribution in [0.25, 0.3) is 10.9 Å². The van der Waals surface area contributed by atoms with E-state index in [0.717, 1.165) is 39.9 Å². The van der Waals surface area contributed by atoms with E-state index in [1.54, 1.807) is 23.8 Å². The third-order valence-electron chi connectivity index (χ3n) is 4.01. The first-order valence-corrected chi connectivity index (χ1v) is 8.76. The minimum Gasteiger partial charge on any atom is -0.496 e. The van der Waals surface area contributed by atoms with Crippen LogP contribution in [0, 0.1) is 13.8 Å². The van der Waals surface area contributed by atoms with Crippen molar-refractivity contribution >= 4 is 34.4 Å². The number of carboxylic acid groups (broad SMARTS) is 1. The molecule has 0 aliphatic heterocycles. The molecular formula is C21H22ClNO4. The Morgan fingerprint density at radius 1 is 1.19 bits per heavy atom. The summed E-state index contributed by atoms with van der Waals surface area (Å²) in [5.41, 5.74) is 3.40. The van der Waals surface area contributed by atoms with Crippen molar-refractivity contribution in [1.82, 2.24) is 4.57 Å². The summed E-state index contributed by atoms with van der Waals surface area (Å²) < 4.78 is 7.11. The van der Waals surface area contributed by atoms with Crippen molar-refractivity contribution in [2.75, 3.05) is 7.11 Å². The van der Waals surface area contributed by atoms with Gasteiger partial charge in [0.25, 0.3) is 11.9 Å². The summed E-state index contributed by atoms with van der Waals surface area (Å²) in [5, 5.41) is 9.13. The number of aromatic nitrogens is 1. The van der Waals surface area contributed by atoms with Crippen LogP contribution < -0.4 is 4.74 Å². The van der Waals surface area contributed by atoms with E-state index >= 15 is 0 Å². The van der Waals surface area contributed by atoms with Gasteiger partial charge in [-0.15, -0.1) is 0 Å². The third kappa shape index (κ3) is 4.89. The number of aliphatic carboxylic acids is 1. The maximum atomic E-state index is 13.0. The molecule has 6 heteroatoms. The van der Waals surface area contributed by atoms with Crippen LogP contribution in [0.4, 0.5) is 0 Å². The highest BCUT2D eigenvalue weighted by molar-refractivity contribution is 6.29. The Morgan fingerprint density at radius 2 is 1.85 bits per heavy atom. The second-order valence-electron chi connectivity index (χ2n) is 6.17. The van der Waals surface area contributed by atoms with Crippen LogP contribution in [0.3, 0.4) is 0 Å². The first-order valence-electron chi connectivity index (χ1n) is 8.38. The van der Waals surface area contributed by atoms with Crippen LogP contribution in [0.5, 0.6) is 5.75 Å². The van der Waals surface area contributed by atoms with Gasteiger partial charge < -0.3 is 9.84 Å². The van der Waals surface area contributed by atoms with Gasteiger partial charge in [0.15, 0.2) is 0 Å². The summed E-state index contributed by atoms with van der Waals surface area (Å²) in [6.45, 7) is 4.99. The maximum Gasteiger partial charge on any atom is 0.300 e. The highest BCUT2D eigenvalue weighted by atomic mass is 35.5. The lowest BCUT2D eigenvalue weighted by molar-refractivity contribution is -0.134. The number of carbonyl (C=O) groups is 2. The number of allylic oxidation sites excluding steroid dienone is 6. The Hall–Kier alpha value is -2.79. The zero-order valence-corrected chi connectivity index (χ0v) is 16.5. The summed E-state index contributed by atoms with van der Waals surface area (Å²) in [5.74, 6) is -0.0636. The molecule has 0 amide bonds. The molecule has 0 saturated carbocycles. The van der Waals surface area contributed by atoms with Crippen molar-refractivity contribution in [3.8, 4) is 5.75 Å². The minimum absolute atomic E-state index is 0.0547. The number of carboxylic acids is 1. The number of ether oxygens (including phenoxy) is 1. The van der Waals surface area contributed by atoms with E-state index in [1.165, 1.54) is 0 Å². The molecule has 0 bridgehead atoms. The second kappa shape index (κ2) is 8.73. The molecule has 5 nitrogen and oxygen atoms in total. The van der Waals surface area contributed by atoms with E-state index in [0.29, 0.717) is 12.0 Å². The molecule has 1 N–H and O–H groups in total. The van der Waals surface area contributed by atoms with Gasteiger partial charge in [0.1, 0.15) is 5.75 Å². The maximum absolute atomic E-state index is 13.0. The standard InChI is InChI=1S/C19H18ClNO2.C2H4O2/c1-12-9-17-15(11-18(12)23-3)10-13(2)21(17)19(22)14-5-4-6-16(20)8-7-14;1-2(3)4/h4-5,7-11H,6H2,1-3H3;1H3,(H,3,4). The SMILES string of the molecule is CC(=O)O.COc1cc2cc(C)n(C(=O)C3=CC=C(Cl)CC=C3)c2cc1C. The van der Waals surface area contributed by atoms with Crippen molar-refractivity contribution in [3.63, 3.8) is 0 Å². The molecule has 1 aliphatic rings. The fourth-order valence-corrected chi connectivity index (χ4v) is 2.99. The van der Waals surface area contributed by atoms with Crippen molar-refractivity contribution in [1.29, 1.82) is 0 Å². The van der Waals surface area contributed by atoms with Gasteiger partial charge in [0, 0.05) is 35.0 Å².